The van der Waals surface area contributed by atoms with E-state index in [1.807, 2.05) is 26.2 Å². The molecule has 3 nitrogen and oxygen atoms in total. The number of hydrogen-bond donors (Lipinski definition) is 0. The van der Waals surface area contributed by atoms with E-state index in [0.717, 1.165) is 10.9 Å². The van der Waals surface area contributed by atoms with Crippen LogP contribution in [0.5, 0.6) is 0 Å². The minimum absolute atomic E-state index is 0.227. The number of hydrogen-bond acceptors (Lipinski definition) is 2. The Morgan fingerprint density at radius 1 is 1.18 bits per heavy atom. The highest BCUT2D eigenvalue weighted by atomic mass is 19.4. The predicted molar refractivity (Wildman–Crippen MR) is 78.4 cm³/mol. The summed E-state index contributed by atoms with van der Waals surface area (Å²) in [6.07, 6.45) is -3.28. The van der Waals surface area contributed by atoms with E-state index in [1.54, 1.807) is 16.8 Å². The van der Waals surface area contributed by atoms with Crippen LogP contribution < -0.4 is 0 Å². The van der Waals surface area contributed by atoms with Gasteiger partial charge in [0.05, 0.1) is 12.1 Å². The van der Waals surface area contributed by atoms with Crippen LogP contribution in [0.2, 0.25) is 0 Å². The highest BCUT2D eigenvalue weighted by Crippen LogP contribution is 2.27. The molecule has 0 saturated carbocycles. The van der Waals surface area contributed by atoms with Crippen molar-refractivity contribution in [2.24, 2.45) is 7.05 Å². The maximum absolute atomic E-state index is 12.5. The fourth-order valence-corrected chi connectivity index (χ4v) is 2.49. The molecular formula is C16H14F3N3. The standard InChI is InChI=1S/C16H14F3N3/c1-10-6-14(20-15-13(10)9-22(2)21-15)12-5-3-4-11(7-12)8-16(17,18)19/h3-7,9H,8H2,1-2H3. The molecule has 114 valence electrons. The number of nitrogens with zero attached hydrogens (tertiary/aromatic N) is 3. The molecule has 6 heteroatoms. The van der Waals surface area contributed by atoms with E-state index in [0.29, 0.717) is 16.9 Å². The van der Waals surface area contributed by atoms with Gasteiger partial charge in [-0.25, -0.2) is 4.98 Å². The van der Waals surface area contributed by atoms with Gasteiger partial charge in [-0.15, -0.1) is 0 Å². The molecule has 0 spiro atoms. The van der Waals surface area contributed by atoms with E-state index in [4.69, 9.17) is 0 Å². The van der Waals surface area contributed by atoms with E-state index < -0.39 is 12.6 Å². The SMILES string of the molecule is Cc1cc(-c2cccc(CC(F)(F)F)c2)nc2nn(C)cc12. The van der Waals surface area contributed by atoms with Crippen molar-refractivity contribution in [3.8, 4) is 11.3 Å². The molecule has 0 atom stereocenters. The molecule has 0 unspecified atom stereocenters. The lowest BCUT2D eigenvalue weighted by Gasteiger charge is -2.08. The van der Waals surface area contributed by atoms with Gasteiger partial charge in [0.1, 0.15) is 0 Å². The van der Waals surface area contributed by atoms with Crippen LogP contribution in [0, 0.1) is 6.92 Å². The Hall–Kier alpha value is -2.37. The molecule has 0 N–H and O–H groups in total. The van der Waals surface area contributed by atoms with Crippen molar-refractivity contribution in [3.05, 3.63) is 47.7 Å². The highest BCUT2D eigenvalue weighted by molar-refractivity contribution is 5.81. The maximum atomic E-state index is 12.5. The lowest BCUT2D eigenvalue weighted by Crippen LogP contribution is -2.11. The van der Waals surface area contributed by atoms with E-state index in [-0.39, 0.29) is 5.56 Å². The normalized spacial score (nSPS) is 12.0. The maximum Gasteiger partial charge on any atom is 0.393 e. The van der Waals surface area contributed by atoms with Crippen molar-refractivity contribution in [3.63, 3.8) is 0 Å². The molecule has 1 aromatic carbocycles. The van der Waals surface area contributed by atoms with Gasteiger partial charge in [0.15, 0.2) is 5.65 Å². The molecule has 0 aliphatic heterocycles. The van der Waals surface area contributed by atoms with Crippen LogP contribution in [0.4, 0.5) is 13.2 Å². The Balaban J connectivity index is 2.05. The van der Waals surface area contributed by atoms with Crippen LogP contribution in [0.15, 0.2) is 36.5 Å². The molecular weight excluding hydrogens is 291 g/mol. The summed E-state index contributed by atoms with van der Waals surface area (Å²) in [5.41, 5.74) is 3.11. The van der Waals surface area contributed by atoms with E-state index >= 15 is 0 Å². The second-order valence-electron chi connectivity index (χ2n) is 5.36. The minimum atomic E-state index is -4.22. The summed E-state index contributed by atoms with van der Waals surface area (Å²) in [7, 11) is 1.81. The summed E-state index contributed by atoms with van der Waals surface area (Å²) in [6, 6.07) is 8.26. The number of aromatic nitrogens is 3. The van der Waals surface area contributed by atoms with Crippen molar-refractivity contribution in [1.29, 1.82) is 0 Å². The fourth-order valence-electron chi connectivity index (χ4n) is 2.49. The molecule has 0 aliphatic rings. The third kappa shape index (κ3) is 2.95. The van der Waals surface area contributed by atoms with Gasteiger partial charge in [-0.1, -0.05) is 18.2 Å². The fraction of sp³-hybridized carbons (Fsp3) is 0.250. The summed E-state index contributed by atoms with van der Waals surface area (Å²) in [5, 5.41) is 5.21. The Bertz CT molecular complexity index is 834. The molecule has 3 rings (SSSR count). The lowest BCUT2D eigenvalue weighted by molar-refractivity contribution is -0.127. The van der Waals surface area contributed by atoms with Gasteiger partial charge >= 0.3 is 6.18 Å². The zero-order valence-electron chi connectivity index (χ0n) is 12.1. The number of pyridine rings is 1. The summed E-state index contributed by atoms with van der Waals surface area (Å²) in [6.45, 7) is 1.94. The Morgan fingerprint density at radius 3 is 2.68 bits per heavy atom. The number of rotatable bonds is 2. The molecule has 0 radical (unpaired) electrons. The number of alkyl halides is 3. The zero-order valence-corrected chi connectivity index (χ0v) is 12.1. The lowest BCUT2D eigenvalue weighted by atomic mass is 10.0. The van der Waals surface area contributed by atoms with Crippen LogP contribution in [-0.2, 0) is 13.5 Å². The monoisotopic (exact) mass is 305 g/mol. The van der Waals surface area contributed by atoms with E-state index in [1.165, 1.54) is 12.1 Å². The van der Waals surface area contributed by atoms with Crippen molar-refractivity contribution >= 4 is 11.0 Å². The largest absolute Gasteiger partial charge is 0.393 e. The second kappa shape index (κ2) is 5.12. The Morgan fingerprint density at radius 2 is 1.95 bits per heavy atom. The van der Waals surface area contributed by atoms with Crippen LogP contribution in [-0.4, -0.2) is 20.9 Å². The summed E-state index contributed by atoms with van der Waals surface area (Å²) >= 11 is 0. The van der Waals surface area contributed by atoms with Gasteiger partial charge < -0.3 is 0 Å². The minimum Gasteiger partial charge on any atom is -0.273 e. The second-order valence-corrected chi connectivity index (χ2v) is 5.36. The number of aryl methyl sites for hydroxylation is 2. The number of halogens is 3. The molecule has 0 amide bonds. The van der Waals surface area contributed by atoms with Gasteiger partial charge in [-0.05, 0) is 30.2 Å². The average Bonchev–Trinajstić information content (AvgIpc) is 2.78. The first-order chi connectivity index (χ1) is 10.3. The van der Waals surface area contributed by atoms with Gasteiger partial charge in [0, 0.05) is 24.2 Å². The van der Waals surface area contributed by atoms with Crippen molar-refractivity contribution in [2.45, 2.75) is 19.5 Å². The molecule has 2 heterocycles. The molecule has 2 aromatic heterocycles. The molecule has 0 fully saturated rings. The van der Waals surface area contributed by atoms with E-state index in [2.05, 4.69) is 10.1 Å². The van der Waals surface area contributed by atoms with E-state index in [9.17, 15) is 13.2 Å². The third-order valence-corrected chi connectivity index (χ3v) is 3.44. The molecule has 22 heavy (non-hydrogen) atoms. The smallest absolute Gasteiger partial charge is 0.273 e. The Kier molecular flexibility index (Phi) is 3.39. The summed E-state index contributed by atoms with van der Waals surface area (Å²) < 4.78 is 39.2. The molecule has 0 bridgehead atoms. The first kappa shape index (κ1) is 14.6. The van der Waals surface area contributed by atoms with Crippen molar-refractivity contribution < 1.29 is 13.2 Å². The Labute approximate surface area is 125 Å². The molecule has 0 saturated heterocycles. The van der Waals surface area contributed by atoms with Crippen LogP contribution in [0.25, 0.3) is 22.3 Å². The average molecular weight is 305 g/mol. The first-order valence-corrected chi connectivity index (χ1v) is 6.79. The summed E-state index contributed by atoms with van der Waals surface area (Å²) in [4.78, 5) is 4.45. The molecule has 3 aromatic rings. The van der Waals surface area contributed by atoms with Crippen LogP contribution in [0.3, 0.4) is 0 Å². The predicted octanol–water partition coefficient (Wildman–Crippen LogP) is 4.05. The number of benzene rings is 1. The van der Waals surface area contributed by atoms with Gasteiger partial charge in [0.25, 0.3) is 0 Å². The topological polar surface area (TPSA) is 30.7 Å². The van der Waals surface area contributed by atoms with Crippen LogP contribution >= 0.6 is 0 Å². The number of fused-ring (bicyclic) bond motifs is 1. The summed E-state index contributed by atoms with van der Waals surface area (Å²) in [5.74, 6) is 0. The van der Waals surface area contributed by atoms with Gasteiger partial charge in [-0.2, -0.15) is 18.3 Å². The third-order valence-electron chi connectivity index (χ3n) is 3.44. The quantitative estimate of drug-likeness (QED) is 0.715. The van der Waals surface area contributed by atoms with Crippen LogP contribution in [0.1, 0.15) is 11.1 Å². The van der Waals surface area contributed by atoms with Gasteiger partial charge in [-0.3, -0.25) is 4.68 Å². The first-order valence-electron chi connectivity index (χ1n) is 6.79. The van der Waals surface area contributed by atoms with Crippen molar-refractivity contribution in [2.75, 3.05) is 0 Å². The molecule has 0 aliphatic carbocycles. The van der Waals surface area contributed by atoms with Crippen molar-refractivity contribution in [1.82, 2.24) is 14.8 Å². The highest BCUT2D eigenvalue weighted by Gasteiger charge is 2.27. The zero-order chi connectivity index (χ0) is 15.9. The van der Waals surface area contributed by atoms with Gasteiger partial charge in [0.2, 0.25) is 0 Å².